The van der Waals surface area contributed by atoms with Gasteiger partial charge in [-0.15, -0.1) is 5.10 Å². The molecule has 0 aromatic carbocycles. The summed E-state index contributed by atoms with van der Waals surface area (Å²) in [6.45, 7) is 2.69. The molecular weight excluding hydrogens is 196 g/mol. The number of aldehydes is 1. The number of unbranched alkanes of at least 4 members (excludes halogenated alkanes) is 2. The van der Waals surface area contributed by atoms with Crippen LogP contribution in [0.1, 0.15) is 38.5 Å². The van der Waals surface area contributed by atoms with Gasteiger partial charge in [0.2, 0.25) is 5.89 Å². The van der Waals surface area contributed by atoms with Gasteiger partial charge in [0.15, 0.2) is 0 Å². The number of hydrogen-bond donors (Lipinski definition) is 0. The lowest BCUT2D eigenvalue weighted by Crippen LogP contribution is -2.15. The van der Waals surface area contributed by atoms with Gasteiger partial charge in [-0.3, -0.25) is 0 Å². The SMILES string of the molecule is CCCCCn1nc(CCC=O)oc1=O. The topological polar surface area (TPSA) is 65.1 Å². The molecule has 0 unspecified atom stereocenters. The Morgan fingerprint density at radius 2 is 2.27 bits per heavy atom. The van der Waals surface area contributed by atoms with Gasteiger partial charge in [-0.1, -0.05) is 19.8 Å². The monoisotopic (exact) mass is 212 g/mol. The number of aromatic nitrogens is 2. The van der Waals surface area contributed by atoms with E-state index in [0.29, 0.717) is 25.3 Å². The van der Waals surface area contributed by atoms with E-state index in [0.717, 1.165) is 25.5 Å². The quantitative estimate of drug-likeness (QED) is 0.502. The van der Waals surface area contributed by atoms with E-state index >= 15 is 0 Å². The Morgan fingerprint density at radius 1 is 1.47 bits per heavy atom. The molecule has 0 amide bonds. The van der Waals surface area contributed by atoms with E-state index in [1.54, 1.807) is 0 Å². The molecule has 15 heavy (non-hydrogen) atoms. The van der Waals surface area contributed by atoms with Crippen molar-refractivity contribution in [2.24, 2.45) is 0 Å². The minimum atomic E-state index is -0.424. The average Bonchev–Trinajstić information content (AvgIpc) is 2.57. The van der Waals surface area contributed by atoms with E-state index in [1.807, 2.05) is 0 Å². The summed E-state index contributed by atoms with van der Waals surface area (Å²) in [5, 5.41) is 4.00. The molecule has 1 heterocycles. The predicted molar refractivity (Wildman–Crippen MR) is 54.7 cm³/mol. The van der Waals surface area contributed by atoms with Crippen molar-refractivity contribution in [2.45, 2.75) is 45.6 Å². The van der Waals surface area contributed by atoms with E-state index < -0.39 is 5.76 Å². The van der Waals surface area contributed by atoms with Gasteiger partial charge in [-0.2, -0.15) is 4.68 Å². The highest BCUT2D eigenvalue weighted by Gasteiger charge is 2.06. The maximum absolute atomic E-state index is 11.2. The lowest BCUT2D eigenvalue weighted by atomic mass is 10.2. The number of nitrogens with zero attached hydrogens (tertiary/aromatic N) is 2. The summed E-state index contributed by atoms with van der Waals surface area (Å²) in [5.41, 5.74) is 0. The van der Waals surface area contributed by atoms with Gasteiger partial charge in [0.05, 0.1) is 0 Å². The number of rotatable bonds is 7. The van der Waals surface area contributed by atoms with Crippen LogP contribution in [-0.4, -0.2) is 16.1 Å². The van der Waals surface area contributed by atoms with Gasteiger partial charge in [0.1, 0.15) is 6.29 Å². The Bertz CT molecular complexity index is 354. The minimum Gasteiger partial charge on any atom is -0.392 e. The Kier molecular flexibility index (Phi) is 4.80. The molecule has 0 aliphatic rings. The standard InChI is InChI=1S/C10H16N2O3/c1-2-3-4-7-12-10(14)15-9(11-12)6-5-8-13/h8H,2-7H2,1H3. The Balaban J connectivity index is 2.52. The van der Waals surface area contributed by atoms with Crippen LogP contribution < -0.4 is 5.76 Å². The molecule has 0 atom stereocenters. The van der Waals surface area contributed by atoms with Crippen molar-refractivity contribution in [1.29, 1.82) is 0 Å². The summed E-state index contributed by atoms with van der Waals surface area (Å²) < 4.78 is 6.21. The second kappa shape index (κ2) is 6.16. The average molecular weight is 212 g/mol. The largest absolute Gasteiger partial charge is 0.437 e. The third-order valence-electron chi connectivity index (χ3n) is 2.10. The number of hydrogen-bond acceptors (Lipinski definition) is 4. The van der Waals surface area contributed by atoms with Crippen LogP contribution in [0.15, 0.2) is 9.21 Å². The highest BCUT2D eigenvalue weighted by Crippen LogP contribution is 1.98. The summed E-state index contributed by atoms with van der Waals surface area (Å²) in [6.07, 6.45) is 4.63. The van der Waals surface area contributed by atoms with E-state index in [-0.39, 0.29) is 0 Å². The van der Waals surface area contributed by atoms with Crippen LogP contribution in [0.2, 0.25) is 0 Å². The van der Waals surface area contributed by atoms with Crippen LogP contribution in [0.3, 0.4) is 0 Å². The third kappa shape index (κ3) is 3.69. The van der Waals surface area contributed by atoms with Crippen molar-refractivity contribution < 1.29 is 9.21 Å². The molecule has 1 aromatic heterocycles. The molecule has 1 rings (SSSR count). The summed E-state index contributed by atoms with van der Waals surface area (Å²) in [5.74, 6) is -0.0735. The van der Waals surface area contributed by atoms with Crippen LogP contribution in [0.25, 0.3) is 0 Å². The van der Waals surface area contributed by atoms with Crippen molar-refractivity contribution in [3.63, 3.8) is 0 Å². The van der Waals surface area contributed by atoms with Gasteiger partial charge in [0.25, 0.3) is 0 Å². The maximum Gasteiger partial charge on any atom is 0.437 e. The van der Waals surface area contributed by atoms with Gasteiger partial charge >= 0.3 is 5.76 Å². The molecule has 0 N–H and O–H groups in total. The summed E-state index contributed by atoms with van der Waals surface area (Å²) in [6, 6.07) is 0. The molecule has 0 saturated heterocycles. The number of aryl methyl sites for hydroxylation is 2. The van der Waals surface area contributed by atoms with E-state index in [2.05, 4.69) is 12.0 Å². The molecule has 0 aliphatic heterocycles. The lowest BCUT2D eigenvalue weighted by molar-refractivity contribution is -0.107. The Morgan fingerprint density at radius 3 is 2.93 bits per heavy atom. The summed E-state index contributed by atoms with van der Waals surface area (Å²) in [7, 11) is 0. The molecular formula is C10H16N2O3. The Hall–Kier alpha value is -1.39. The van der Waals surface area contributed by atoms with Crippen LogP contribution in [0.4, 0.5) is 0 Å². The second-order valence-corrected chi connectivity index (χ2v) is 3.40. The second-order valence-electron chi connectivity index (χ2n) is 3.40. The zero-order valence-electron chi connectivity index (χ0n) is 8.94. The molecule has 84 valence electrons. The maximum atomic E-state index is 11.2. The minimum absolute atomic E-state index is 0.342. The van der Waals surface area contributed by atoms with E-state index in [9.17, 15) is 9.59 Å². The van der Waals surface area contributed by atoms with Crippen molar-refractivity contribution in [1.82, 2.24) is 9.78 Å². The molecule has 0 bridgehead atoms. The normalized spacial score (nSPS) is 10.5. The lowest BCUT2D eigenvalue weighted by Gasteiger charge is -1.95. The van der Waals surface area contributed by atoms with Crippen molar-refractivity contribution >= 4 is 6.29 Å². The van der Waals surface area contributed by atoms with E-state index in [4.69, 9.17) is 4.42 Å². The predicted octanol–water partition coefficient (Wildman–Crippen LogP) is 1.16. The smallest absolute Gasteiger partial charge is 0.392 e. The molecule has 5 nitrogen and oxygen atoms in total. The molecule has 0 radical (unpaired) electrons. The van der Waals surface area contributed by atoms with E-state index in [1.165, 1.54) is 4.68 Å². The van der Waals surface area contributed by atoms with Crippen LogP contribution in [0.5, 0.6) is 0 Å². The van der Waals surface area contributed by atoms with Gasteiger partial charge in [-0.25, -0.2) is 4.79 Å². The highest BCUT2D eigenvalue weighted by atomic mass is 16.4. The molecule has 5 heteroatoms. The van der Waals surface area contributed by atoms with Gasteiger partial charge in [0, 0.05) is 19.4 Å². The van der Waals surface area contributed by atoms with Gasteiger partial charge in [-0.05, 0) is 6.42 Å². The first-order valence-electron chi connectivity index (χ1n) is 5.28. The molecule has 0 aliphatic carbocycles. The molecule has 0 saturated carbocycles. The number of carbonyl (C=O) groups excluding carboxylic acids is 1. The molecule has 0 fully saturated rings. The van der Waals surface area contributed by atoms with Crippen LogP contribution in [-0.2, 0) is 17.8 Å². The Labute approximate surface area is 88.1 Å². The van der Waals surface area contributed by atoms with Gasteiger partial charge < -0.3 is 9.21 Å². The zero-order valence-corrected chi connectivity index (χ0v) is 8.94. The molecule has 1 aromatic rings. The first-order valence-corrected chi connectivity index (χ1v) is 5.28. The molecule has 0 spiro atoms. The first-order chi connectivity index (χ1) is 7.27. The van der Waals surface area contributed by atoms with Crippen LogP contribution >= 0.6 is 0 Å². The fourth-order valence-electron chi connectivity index (χ4n) is 1.29. The van der Waals surface area contributed by atoms with Crippen molar-refractivity contribution in [3.05, 3.63) is 16.4 Å². The first kappa shape index (κ1) is 11.7. The summed E-state index contributed by atoms with van der Waals surface area (Å²) >= 11 is 0. The third-order valence-corrected chi connectivity index (χ3v) is 2.10. The van der Waals surface area contributed by atoms with Crippen LogP contribution in [0, 0.1) is 0 Å². The van der Waals surface area contributed by atoms with Crippen molar-refractivity contribution in [2.75, 3.05) is 0 Å². The summed E-state index contributed by atoms with van der Waals surface area (Å²) in [4.78, 5) is 21.4. The zero-order chi connectivity index (χ0) is 11.1. The fourth-order valence-corrected chi connectivity index (χ4v) is 1.29. The fraction of sp³-hybridized carbons (Fsp3) is 0.700. The van der Waals surface area contributed by atoms with Crippen molar-refractivity contribution in [3.8, 4) is 0 Å². The number of carbonyl (C=O) groups is 1. The highest BCUT2D eigenvalue weighted by molar-refractivity contribution is 5.49.